The largest absolute Gasteiger partial charge is 0.379 e. The maximum Gasteiger partial charge on any atom is 0.243 e. The Morgan fingerprint density at radius 3 is 2.68 bits per heavy atom. The van der Waals surface area contributed by atoms with Gasteiger partial charge >= 0.3 is 0 Å². The fraction of sp³-hybridized carbons (Fsp3) is 0.875. The van der Waals surface area contributed by atoms with Gasteiger partial charge in [0.2, 0.25) is 5.91 Å². The van der Waals surface area contributed by atoms with Crippen LogP contribution in [0.25, 0.3) is 0 Å². The first-order valence-corrected chi connectivity index (χ1v) is 10.1. The molecule has 0 aromatic heterocycles. The van der Waals surface area contributed by atoms with E-state index in [2.05, 4.69) is 26.4 Å². The molecular weight excluding hydrogens is 453 g/mol. The van der Waals surface area contributed by atoms with Gasteiger partial charge in [-0.25, -0.2) is 4.99 Å². The predicted octanol–water partition coefficient (Wildman–Crippen LogP) is 0.408. The number of rotatable bonds is 6. The summed E-state index contributed by atoms with van der Waals surface area (Å²) in [6.45, 7) is 6.74. The predicted molar refractivity (Wildman–Crippen MR) is 115 cm³/mol. The second kappa shape index (κ2) is 12.2. The van der Waals surface area contributed by atoms with Crippen LogP contribution in [0.15, 0.2) is 4.99 Å². The summed E-state index contributed by atoms with van der Waals surface area (Å²) in [7, 11) is 3.53. The van der Waals surface area contributed by atoms with Crippen molar-refractivity contribution >= 4 is 47.6 Å². The Balaban J connectivity index is 0.00000312. The zero-order valence-corrected chi connectivity index (χ0v) is 18.7. The molecule has 0 saturated carbocycles. The number of ether oxygens (including phenoxy) is 1. The molecule has 9 heteroatoms. The monoisotopic (exact) mass is 485 g/mol. The Bertz CT molecular complexity index is 433. The highest BCUT2D eigenvalue weighted by molar-refractivity contribution is 14.0. The SMILES string of the molecule is CSCCNC(=NCC(=O)N(C)C)N1CCC(N2CCOCC2)C1.I. The molecule has 2 aliphatic rings. The first-order valence-electron chi connectivity index (χ1n) is 8.66. The Hall–Kier alpha value is -0.260. The molecule has 0 aromatic carbocycles. The van der Waals surface area contributed by atoms with Crippen molar-refractivity contribution in [3.63, 3.8) is 0 Å². The van der Waals surface area contributed by atoms with Crippen molar-refractivity contribution < 1.29 is 9.53 Å². The Kier molecular flexibility index (Phi) is 11.1. The highest BCUT2D eigenvalue weighted by atomic mass is 127. The number of thioether (sulfide) groups is 1. The molecule has 0 aromatic rings. The number of hydrogen-bond donors (Lipinski definition) is 1. The number of guanidine groups is 1. The summed E-state index contributed by atoms with van der Waals surface area (Å²) >= 11 is 1.81. The van der Waals surface area contributed by atoms with Crippen LogP contribution in [0.4, 0.5) is 0 Å². The summed E-state index contributed by atoms with van der Waals surface area (Å²) in [5, 5.41) is 3.42. The van der Waals surface area contributed by atoms with Gasteiger partial charge in [0.25, 0.3) is 0 Å². The highest BCUT2D eigenvalue weighted by Crippen LogP contribution is 2.17. The number of likely N-dealkylation sites (tertiary alicyclic amines) is 1. The van der Waals surface area contributed by atoms with Crippen LogP contribution in [0.3, 0.4) is 0 Å². The maximum absolute atomic E-state index is 11.9. The Morgan fingerprint density at radius 2 is 2.04 bits per heavy atom. The van der Waals surface area contributed by atoms with Crippen molar-refractivity contribution in [2.24, 2.45) is 4.99 Å². The number of nitrogens with one attached hydrogen (secondary N) is 1. The third kappa shape index (κ3) is 7.48. The Morgan fingerprint density at radius 1 is 1.32 bits per heavy atom. The van der Waals surface area contributed by atoms with E-state index in [4.69, 9.17) is 4.74 Å². The summed E-state index contributed by atoms with van der Waals surface area (Å²) in [6.07, 6.45) is 3.24. The van der Waals surface area contributed by atoms with E-state index >= 15 is 0 Å². The van der Waals surface area contributed by atoms with Gasteiger partial charge in [0.15, 0.2) is 5.96 Å². The van der Waals surface area contributed by atoms with Gasteiger partial charge in [0.1, 0.15) is 6.54 Å². The van der Waals surface area contributed by atoms with Crippen LogP contribution in [-0.4, -0.2) is 111 Å². The van der Waals surface area contributed by atoms with E-state index in [9.17, 15) is 4.79 Å². The van der Waals surface area contributed by atoms with E-state index in [-0.39, 0.29) is 36.4 Å². The van der Waals surface area contributed by atoms with Gasteiger partial charge < -0.3 is 19.9 Å². The van der Waals surface area contributed by atoms with Crippen LogP contribution in [0.1, 0.15) is 6.42 Å². The van der Waals surface area contributed by atoms with E-state index in [1.165, 1.54) is 0 Å². The quantitative estimate of drug-likeness (QED) is 0.255. The van der Waals surface area contributed by atoms with Gasteiger partial charge in [-0.1, -0.05) is 0 Å². The molecule has 1 N–H and O–H groups in total. The number of carbonyl (C=O) groups is 1. The van der Waals surface area contributed by atoms with Crippen LogP contribution in [0, 0.1) is 0 Å². The number of halogens is 1. The summed E-state index contributed by atoms with van der Waals surface area (Å²) < 4.78 is 5.45. The molecule has 2 aliphatic heterocycles. The molecule has 0 aliphatic carbocycles. The van der Waals surface area contributed by atoms with E-state index in [1.54, 1.807) is 30.8 Å². The molecule has 2 heterocycles. The van der Waals surface area contributed by atoms with Gasteiger partial charge in [-0.2, -0.15) is 11.8 Å². The topological polar surface area (TPSA) is 60.4 Å². The second-order valence-corrected chi connectivity index (χ2v) is 7.37. The van der Waals surface area contributed by atoms with Crippen molar-refractivity contribution in [3.8, 4) is 0 Å². The van der Waals surface area contributed by atoms with Crippen molar-refractivity contribution in [2.75, 3.05) is 78.6 Å². The van der Waals surface area contributed by atoms with Gasteiger partial charge in [0.05, 0.1) is 13.2 Å². The van der Waals surface area contributed by atoms with Crippen molar-refractivity contribution in [3.05, 3.63) is 0 Å². The molecule has 146 valence electrons. The molecule has 1 atom stereocenters. The number of nitrogens with zero attached hydrogens (tertiary/aromatic N) is 4. The first-order chi connectivity index (χ1) is 11.6. The molecule has 7 nitrogen and oxygen atoms in total. The lowest BCUT2D eigenvalue weighted by Crippen LogP contribution is -2.47. The number of carbonyl (C=O) groups excluding carboxylic acids is 1. The molecule has 25 heavy (non-hydrogen) atoms. The molecule has 2 saturated heterocycles. The molecule has 0 bridgehead atoms. The summed E-state index contributed by atoms with van der Waals surface area (Å²) in [6, 6.07) is 0.561. The zero-order valence-electron chi connectivity index (χ0n) is 15.6. The highest BCUT2D eigenvalue weighted by Gasteiger charge is 2.30. The smallest absolute Gasteiger partial charge is 0.243 e. The second-order valence-electron chi connectivity index (χ2n) is 6.38. The minimum atomic E-state index is 0. The lowest BCUT2D eigenvalue weighted by molar-refractivity contribution is -0.127. The lowest BCUT2D eigenvalue weighted by Gasteiger charge is -2.32. The third-order valence-electron chi connectivity index (χ3n) is 4.48. The van der Waals surface area contributed by atoms with Crippen molar-refractivity contribution in [2.45, 2.75) is 12.5 Å². The molecule has 0 radical (unpaired) electrons. The Labute approximate surface area is 172 Å². The minimum absolute atomic E-state index is 0. The number of likely N-dealkylation sites (N-methyl/N-ethyl adjacent to an activating group) is 1. The molecule has 2 rings (SSSR count). The molecular formula is C16H32IN5O2S. The fourth-order valence-electron chi connectivity index (χ4n) is 2.99. The number of aliphatic imine (C=N–C) groups is 1. The zero-order chi connectivity index (χ0) is 17.4. The summed E-state index contributed by atoms with van der Waals surface area (Å²) in [5.41, 5.74) is 0. The summed E-state index contributed by atoms with van der Waals surface area (Å²) in [5.74, 6) is 1.93. The van der Waals surface area contributed by atoms with Crippen LogP contribution >= 0.6 is 35.7 Å². The van der Waals surface area contributed by atoms with Crippen LogP contribution in [0.2, 0.25) is 0 Å². The van der Waals surface area contributed by atoms with E-state index in [0.29, 0.717) is 6.04 Å². The lowest BCUT2D eigenvalue weighted by atomic mass is 10.2. The standard InChI is InChI=1S/C16H31N5O2S.HI/c1-19(2)15(22)12-18-16(17-5-11-24-3)21-6-4-14(13-21)20-7-9-23-10-8-20;/h14H,4-13H2,1-3H3,(H,17,18);1H. The molecule has 1 unspecified atom stereocenters. The first kappa shape index (κ1) is 22.8. The molecule has 0 spiro atoms. The van der Waals surface area contributed by atoms with E-state index in [1.807, 2.05) is 0 Å². The average Bonchev–Trinajstić information content (AvgIpc) is 3.08. The van der Waals surface area contributed by atoms with Gasteiger partial charge in [-0.3, -0.25) is 9.69 Å². The third-order valence-corrected chi connectivity index (χ3v) is 5.09. The van der Waals surface area contributed by atoms with Crippen molar-refractivity contribution in [1.29, 1.82) is 0 Å². The molecule has 2 fully saturated rings. The maximum atomic E-state index is 11.9. The average molecular weight is 485 g/mol. The minimum Gasteiger partial charge on any atom is -0.379 e. The molecule has 1 amide bonds. The summed E-state index contributed by atoms with van der Waals surface area (Å²) in [4.78, 5) is 22.8. The van der Waals surface area contributed by atoms with Gasteiger partial charge in [-0.15, -0.1) is 24.0 Å². The van der Waals surface area contributed by atoms with Crippen molar-refractivity contribution in [1.82, 2.24) is 20.0 Å². The fourth-order valence-corrected chi connectivity index (χ4v) is 3.30. The number of morpholine rings is 1. The number of amides is 1. The van der Waals surface area contributed by atoms with Crippen LogP contribution < -0.4 is 5.32 Å². The van der Waals surface area contributed by atoms with Crippen LogP contribution in [-0.2, 0) is 9.53 Å². The van der Waals surface area contributed by atoms with E-state index in [0.717, 1.165) is 64.1 Å². The van der Waals surface area contributed by atoms with Crippen LogP contribution in [0.5, 0.6) is 0 Å². The normalized spacial score (nSPS) is 21.8. The van der Waals surface area contributed by atoms with Gasteiger partial charge in [0, 0.05) is 58.6 Å². The number of hydrogen-bond acceptors (Lipinski definition) is 5. The van der Waals surface area contributed by atoms with E-state index < -0.39 is 0 Å². The van der Waals surface area contributed by atoms with Gasteiger partial charge in [-0.05, 0) is 12.7 Å².